The van der Waals surface area contributed by atoms with E-state index in [4.69, 9.17) is 5.73 Å². The van der Waals surface area contributed by atoms with Gasteiger partial charge in [0.05, 0.1) is 5.75 Å². The van der Waals surface area contributed by atoms with Crippen LogP contribution in [0.25, 0.3) is 0 Å². The van der Waals surface area contributed by atoms with E-state index < -0.39 is 0 Å². The minimum Gasteiger partial charge on any atom is -0.330 e. The second-order valence-corrected chi connectivity index (χ2v) is 6.05. The SMILES string of the molecule is Cc1cc(I)ccc1NC(=O)CSCCCN. The third kappa shape index (κ3) is 5.74. The maximum Gasteiger partial charge on any atom is 0.234 e. The van der Waals surface area contributed by atoms with Gasteiger partial charge in [-0.25, -0.2) is 0 Å². The maximum absolute atomic E-state index is 11.6. The number of aryl methyl sites for hydroxylation is 1. The van der Waals surface area contributed by atoms with Crippen LogP contribution in [0, 0.1) is 10.5 Å². The number of hydrogen-bond donors (Lipinski definition) is 2. The van der Waals surface area contributed by atoms with Crippen molar-refractivity contribution in [2.75, 3.05) is 23.4 Å². The summed E-state index contributed by atoms with van der Waals surface area (Å²) >= 11 is 3.88. The standard InChI is InChI=1S/C12H17IN2OS/c1-9-7-10(13)3-4-11(9)15-12(16)8-17-6-2-5-14/h3-4,7H,2,5-6,8,14H2,1H3,(H,15,16). The summed E-state index contributed by atoms with van der Waals surface area (Å²) in [5.74, 6) is 1.48. The van der Waals surface area contributed by atoms with Crippen molar-refractivity contribution in [1.29, 1.82) is 0 Å². The first kappa shape index (κ1) is 14.8. The Bertz CT molecular complexity index is 385. The highest BCUT2D eigenvalue weighted by Gasteiger charge is 2.04. The lowest BCUT2D eigenvalue weighted by Crippen LogP contribution is -2.15. The summed E-state index contributed by atoms with van der Waals surface area (Å²) in [6.45, 7) is 2.68. The fraction of sp³-hybridized carbons (Fsp3) is 0.417. The number of hydrogen-bond acceptors (Lipinski definition) is 3. The Morgan fingerprint density at radius 2 is 2.29 bits per heavy atom. The number of nitrogens with one attached hydrogen (secondary N) is 1. The molecule has 3 nitrogen and oxygen atoms in total. The summed E-state index contributed by atoms with van der Waals surface area (Å²) in [5, 5.41) is 2.92. The van der Waals surface area contributed by atoms with Gasteiger partial charge in [-0.3, -0.25) is 4.79 Å². The Hall–Kier alpha value is -0.270. The number of anilines is 1. The number of benzene rings is 1. The molecule has 0 fully saturated rings. The van der Waals surface area contributed by atoms with Gasteiger partial charge in [-0.15, -0.1) is 0 Å². The number of amides is 1. The van der Waals surface area contributed by atoms with Crippen LogP contribution in [-0.2, 0) is 4.79 Å². The van der Waals surface area contributed by atoms with Crippen LogP contribution < -0.4 is 11.1 Å². The van der Waals surface area contributed by atoms with Crippen LogP contribution in [0.15, 0.2) is 18.2 Å². The normalized spacial score (nSPS) is 10.3. The van der Waals surface area contributed by atoms with Gasteiger partial charge < -0.3 is 11.1 Å². The van der Waals surface area contributed by atoms with E-state index in [0.29, 0.717) is 12.3 Å². The number of halogens is 1. The van der Waals surface area contributed by atoms with Gasteiger partial charge in [0.1, 0.15) is 0 Å². The molecule has 0 radical (unpaired) electrons. The van der Waals surface area contributed by atoms with E-state index >= 15 is 0 Å². The highest BCUT2D eigenvalue weighted by atomic mass is 127. The molecule has 1 aromatic carbocycles. The Labute approximate surface area is 120 Å². The van der Waals surface area contributed by atoms with E-state index in [1.807, 2.05) is 19.1 Å². The Balaban J connectivity index is 2.40. The summed E-state index contributed by atoms with van der Waals surface area (Å²) in [5.41, 5.74) is 7.38. The molecule has 17 heavy (non-hydrogen) atoms. The van der Waals surface area contributed by atoms with Gasteiger partial charge in [-0.1, -0.05) is 0 Å². The monoisotopic (exact) mass is 364 g/mol. The van der Waals surface area contributed by atoms with E-state index in [-0.39, 0.29) is 5.91 Å². The average molecular weight is 364 g/mol. The van der Waals surface area contributed by atoms with Crippen LogP contribution in [0.4, 0.5) is 5.69 Å². The highest BCUT2D eigenvalue weighted by molar-refractivity contribution is 14.1. The first-order chi connectivity index (χ1) is 8.13. The average Bonchev–Trinajstić information content (AvgIpc) is 2.28. The lowest BCUT2D eigenvalue weighted by atomic mass is 10.2. The van der Waals surface area contributed by atoms with Gasteiger partial charge in [0.2, 0.25) is 5.91 Å². The Kier molecular flexibility index (Phi) is 6.91. The molecule has 0 aromatic heterocycles. The second kappa shape index (κ2) is 7.94. The molecule has 0 spiro atoms. The van der Waals surface area contributed by atoms with Crippen molar-refractivity contribution in [3.63, 3.8) is 0 Å². The Morgan fingerprint density at radius 1 is 1.53 bits per heavy atom. The molecule has 0 aliphatic rings. The number of thioether (sulfide) groups is 1. The zero-order valence-electron chi connectivity index (χ0n) is 9.83. The predicted octanol–water partition coefficient (Wildman–Crippen LogP) is 2.62. The van der Waals surface area contributed by atoms with Crippen molar-refractivity contribution in [2.24, 2.45) is 5.73 Å². The molecular formula is C12H17IN2OS. The molecule has 1 amide bonds. The summed E-state index contributed by atoms with van der Waals surface area (Å²) in [6, 6.07) is 5.99. The van der Waals surface area contributed by atoms with E-state index in [0.717, 1.165) is 23.4 Å². The van der Waals surface area contributed by atoms with E-state index in [1.165, 1.54) is 3.57 Å². The third-order valence-electron chi connectivity index (χ3n) is 2.19. The zero-order chi connectivity index (χ0) is 12.7. The maximum atomic E-state index is 11.6. The Morgan fingerprint density at radius 3 is 2.94 bits per heavy atom. The number of nitrogens with two attached hydrogens (primary N) is 1. The van der Waals surface area contributed by atoms with E-state index in [2.05, 4.69) is 34.0 Å². The van der Waals surface area contributed by atoms with Crippen LogP contribution in [0.2, 0.25) is 0 Å². The molecule has 1 rings (SSSR count). The smallest absolute Gasteiger partial charge is 0.234 e. The molecule has 0 heterocycles. The second-order valence-electron chi connectivity index (χ2n) is 3.70. The van der Waals surface area contributed by atoms with Crippen LogP contribution in [0.5, 0.6) is 0 Å². The van der Waals surface area contributed by atoms with E-state index in [9.17, 15) is 4.79 Å². The van der Waals surface area contributed by atoms with Crippen molar-refractivity contribution < 1.29 is 4.79 Å². The zero-order valence-corrected chi connectivity index (χ0v) is 12.8. The molecule has 3 N–H and O–H groups in total. The first-order valence-electron chi connectivity index (χ1n) is 5.47. The fourth-order valence-corrected chi connectivity index (χ4v) is 2.72. The molecule has 0 atom stereocenters. The summed E-state index contributed by atoms with van der Waals surface area (Å²) in [4.78, 5) is 11.6. The summed E-state index contributed by atoms with van der Waals surface area (Å²) in [7, 11) is 0. The molecule has 94 valence electrons. The molecule has 0 aliphatic carbocycles. The van der Waals surface area contributed by atoms with Crippen molar-refractivity contribution in [3.8, 4) is 0 Å². The van der Waals surface area contributed by atoms with Crippen LogP contribution in [0.1, 0.15) is 12.0 Å². The molecule has 0 aliphatic heterocycles. The molecule has 0 bridgehead atoms. The van der Waals surface area contributed by atoms with Crippen LogP contribution >= 0.6 is 34.4 Å². The van der Waals surface area contributed by atoms with Gasteiger partial charge >= 0.3 is 0 Å². The molecule has 0 unspecified atom stereocenters. The number of rotatable bonds is 6. The van der Waals surface area contributed by atoms with Crippen molar-refractivity contribution >= 4 is 45.9 Å². The van der Waals surface area contributed by atoms with E-state index in [1.54, 1.807) is 11.8 Å². The third-order valence-corrected chi connectivity index (χ3v) is 3.90. The van der Waals surface area contributed by atoms with Crippen LogP contribution in [0.3, 0.4) is 0 Å². The van der Waals surface area contributed by atoms with Crippen molar-refractivity contribution in [3.05, 3.63) is 27.3 Å². The molecule has 0 saturated carbocycles. The molecule has 5 heteroatoms. The molecule has 0 saturated heterocycles. The minimum absolute atomic E-state index is 0.0522. The van der Waals surface area contributed by atoms with Gasteiger partial charge in [0.15, 0.2) is 0 Å². The predicted molar refractivity (Wildman–Crippen MR) is 83.5 cm³/mol. The lowest BCUT2D eigenvalue weighted by molar-refractivity contribution is -0.113. The molecular weight excluding hydrogens is 347 g/mol. The topological polar surface area (TPSA) is 55.1 Å². The summed E-state index contributed by atoms with van der Waals surface area (Å²) in [6.07, 6.45) is 0.959. The quantitative estimate of drug-likeness (QED) is 0.603. The van der Waals surface area contributed by atoms with Gasteiger partial charge in [-0.05, 0) is 72.0 Å². The van der Waals surface area contributed by atoms with Crippen LogP contribution in [-0.4, -0.2) is 24.0 Å². The van der Waals surface area contributed by atoms with Crippen molar-refractivity contribution in [2.45, 2.75) is 13.3 Å². The lowest BCUT2D eigenvalue weighted by Gasteiger charge is -2.08. The molecule has 1 aromatic rings. The minimum atomic E-state index is 0.0522. The highest BCUT2D eigenvalue weighted by Crippen LogP contribution is 2.18. The van der Waals surface area contributed by atoms with Gasteiger partial charge in [0, 0.05) is 9.26 Å². The number of carbonyl (C=O) groups excluding carboxylic acids is 1. The number of carbonyl (C=O) groups is 1. The summed E-state index contributed by atoms with van der Waals surface area (Å²) < 4.78 is 1.18. The first-order valence-corrected chi connectivity index (χ1v) is 7.70. The van der Waals surface area contributed by atoms with Gasteiger partial charge in [-0.2, -0.15) is 11.8 Å². The van der Waals surface area contributed by atoms with Gasteiger partial charge in [0.25, 0.3) is 0 Å². The largest absolute Gasteiger partial charge is 0.330 e. The fourth-order valence-electron chi connectivity index (χ4n) is 1.30. The van der Waals surface area contributed by atoms with Crippen molar-refractivity contribution in [1.82, 2.24) is 0 Å².